The maximum Gasteiger partial charge on any atom is 0.174 e. The molecule has 0 saturated heterocycles. The molecule has 0 aromatic heterocycles. The normalized spacial score (nSPS) is 17.6. The number of carbonyl (C=O) groups excluding carboxylic acids is 3. The summed E-state index contributed by atoms with van der Waals surface area (Å²) in [6.07, 6.45) is -0.876. The van der Waals surface area contributed by atoms with Crippen LogP contribution in [0.25, 0.3) is 0 Å². The van der Waals surface area contributed by atoms with Crippen molar-refractivity contribution in [3.63, 3.8) is 0 Å². The third-order valence-corrected chi connectivity index (χ3v) is 6.85. The van der Waals surface area contributed by atoms with E-state index in [9.17, 15) is 14.4 Å². The topological polar surface area (TPSA) is 60.4 Å². The number of hydrogen-bond donors (Lipinski definition) is 0. The number of ether oxygens (including phenoxy) is 1. The summed E-state index contributed by atoms with van der Waals surface area (Å²) in [7, 11) is 0. The van der Waals surface area contributed by atoms with Crippen molar-refractivity contribution in [3.05, 3.63) is 135 Å². The minimum absolute atomic E-state index is 0.287. The number of ketones is 3. The van der Waals surface area contributed by atoms with Gasteiger partial charge in [-0.25, -0.2) is 0 Å². The Hall–Kier alpha value is -3.73. The molecule has 0 saturated carbocycles. The van der Waals surface area contributed by atoms with Gasteiger partial charge in [0, 0.05) is 21.2 Å². The molecule has 6 heteroatoms. The van der Waals surface area contributed by atoms with Crippen LogP contribution in [-0.4, -0.2) is 17.3 Å². The fraction of sp³-hybridized carbons (Fsp3) is 0.100. The highest BCUT2D eigenvalue weighted by molar-refractivity contribution is 6.31. The van der Waals surface area contributed by atoms with Crippen LogP contribution in [0.4, 0.5) is 0 Å². The lowest BCUT2D eigenvalue weighted by molar-refractivity contribution is 0.0428. The van der Waals surface area contributed by atoms with Crippen molar-refractivity contribution in [2.75, 3.05) is 0 Å². The molecule has 1 heterocycles. The van der Waals surface area contributed by atoms with Gasteiger partial charge in [0.25, 0.3) is 0 Å². The lowest BCUT2D eigenvalue weighted by atomic mass is 9.71. The van der Waals surface area contributed by atoms with E-state index in [1.54, 1.807) is 103 Å². The maximum atomic E-state index is 14.0. The van der Waals surface area contributed by atoms with Gasteiger partial charge < -0.3 is 4.74 Å². The Kier molecular flexibility index (Phi) is 6.73. The smallest absolute Gasteiger partial charge is 0.174 e. The van der Waals surface area contributed by atoms with Crippen LogP contribution in [0.2, 0.25) is 10.0 Å². The zero-order chi connectivity index (χ0) is 25.2. The first kappa shape index (κ1) is 24.0. The van der Waals surface area contributed by atoms with Crippen molar-refractivity contribution in [1.82, 2.24) is 0 Å². The molecule has 0 radical (unpaired) electrons. The van der Waals surface area contributed by atoms with E-state index in [0.29, 0.717) is 32.5 Å². The SMILES string of the molecule is O=C(c1ccccc1)C(C(=O)c1ccc(Cl)cc1)C1C(=O)c2ccccc2OC1c1ccc(Cl)cc1. The van der Waals surface area contributed by atoms with E-state index < -0.39 is 29.5 Å². The molecule has 0 bridgehead atoms. The van der Waals surface area contributed by atoms with Crippen LogP contribution in [-0.2, 0) is 0 Å². The molecule has 0 amide bonds. The average molecular weight is 515 g/mol. The van der Waals surface area contributed by atoms with Crippen molar-refractivity contribution < 1.29 is 19.1 Å². The standard InChI is InChI=1S/C30H20Cl2O4/c31-21-14-10-19(11-15-21)28(34)25(27(33)18-6-2-1-3-7-18)26-29(35)23-8-4-5-9-24(23)36-30(26)20-12-16-22(32)17-13-20/h1-17,25-26,30H. The number of Topliss-reactive ketones (excluding diaryl/α,β-unsaturated/α-hetero) is 3. The van der Waals surface area contributed by atoms with Crippen LogP contribution in [0.3, 0.4) is 0 Å². The summed E-state index contributed by atoms with van der Waals surface area (Å²) in [5.41, 5.74) is 1.60. The number of para-hydroxylation sites is 1. The second-order valence-electron chi connectivity index (χ2n) is 8.56. The molecule has 0 N–H and O–H groups in total. The number of rotatable bonds is 6. The van der Waals surface area contributed by atoms with Crippen LogP contribution < -0.4 is 4.74 Å². The summed E-state index contributed by atoms with van der Waals surface area (Å²) in [4.78, 5) is 41.9. The largest absolute Gasteiger partial charge is 0.484 e. The van der Waals surface area contributed by atoms with Crippen molar-refractivity contribution in [3.8, 4) is 5.75 Å². The molecule has 5 rings (SSSR count). The first-order valence-electron chi connectivity index (χ1n) is 11.4. The van der Waals surface area contributed by atoms with Crippen LogP contribution in [0, 0.1) is 11.8 Å². The molecular weight excluding hydrogens is 495 g/mol. The van der Waals surface area contributed by atoms with Crippen LogP contribution in [0.5, 0.6) is 5.75 Å². The minimum atomic E-state index is -1.32. The summed E-state index contributed by atoms with van der Waals surface area (Å²) in [6, 6.07) is 28.6. The highest BCUT2D eigenvalue weighted by atomic mass is 35.5. The number of fused-ring (bicyclic) bond motifs is 1. The van der Waals surface area contributed by atoms with Gasteiger partial charge in [0.15, 0.2) is 17.3 Å². The van der Waals surface area contributed by atoms with Gasteiger partial charge in [0.2, 0.25) is 0 Å². The lowest BCUT2D eigenvalue weighted by Crippen LogP contribution is -2.43. The van der Waals surface area contributed by atoms with Crippen molar-refractivity contribution in [2.24, 2.45) is 11.8 Å². The molecule has 4 nitrogen and oxygen atoms in total. The van der Waals surface area contributed by atoms with E-state index in [-0.39, 0.29) is 11.3 Å². The molecule has 0 fully saturated rings. The Morgan fingerprint density at radius 3 is 1.83 bits per heavy atom. The van der Waals surface area contributed by atoms with Gasteiger partial charge in [-0.3, -0.25) is 14.4 Å². The summed E-state index contributed by atoms with van der Waals surface area (Å²) >= 11 is 12.1. The van der Waals surface area contributed by atoms with E-state index in [0.717, 1.165) is 0 Å². The minimum Gasteiger partial charge on any atom is -0.484 e. The third kappa shape index (κ3) is 4.58. The highest BCUT2D eigenvalue weighted by Crippen LogP contribution is 2.44. The zero-order valence-corrected chi connectivity index (χ0v) is 20.4. The van der Waals surface area contributed by atoms with E-state index in [1.807, 2.05) is 0 Å². The van der Waals surface area contributed by atoms with Gasteiger partial charge in [0.05, 0.1) is 17.4 Å². The molecular formula is C30H20Cl2O4. The number of halogens is 2. The number of carbonyl (C=O) groups is 3. The second-order valence-corrected chi connectivity index (χ2v) is 9.43. The van der Waals surface area contributed by atoms with Gasteiger partial charge in [-0.15, -0.1) is 0 Å². The van der Waals surface area contributed by atoms with Gasteiger partial charge in [0.1, 0.15) is 11.9 Å². The third-order valence-electron chi connectivity index (χ3n) is 6.35. The van der Waals surface area contributed by atoms with Crippen molar-refractivity contribution >= 4 is 40.6 Å². The second kappa shape index (κ2) is 10.1. The Balaban J connectivity index is 1.69. The van der Waals surface area contributed by atoms with Crippen LogP contribution in [0.15, 0.2) is 103 Å². The van der Waals surface area contributed by atoms with Gasteiger partial charge >= 0.3 is 0 Å². The Labute approximate surface area is 218 Å². The predicted molar refractivity (Wildman–Crippen MR) is 139 cm³/mol. The van der Waals surface area contributed by atoms with Crippen LogP contribution >= 0.6 is 23.2 Å². The quantitative estimate of drug-likeness (QED) is 0.200. The monoisotopic (exact) mass is 514 g/mol. The number of benzene rings is 4. The van der Waals surface area contributed by atoms with E-state index in [2.05, 4.69) is 0 Å². The Morgan fingerprint density at radius 2 is 1.19 bits per heavy atom. The summed E-state index contributed by atoms with van der Waals surface area (Å²) in [5, 5.41) is 0.981. The highest BCUT2D eigenvalue weighted by Gasteiger charge is 2.48. The Bertz CT molecular complexity index is 1430. The summed E-state index contributed by atoms with van der Waals surface area (Å²) in [5.74, 6) is -3.26. The molecule has 1 aliphatic rings. The zero-order valence-electron chi connectivity index (χ0n) is 18.9. The fourth-order valence-corrected chi connectivity index (χ4v) is 4.83. The predicted octanol–water partition coefficient (Wildman–Crippen LogP) is 7.31. The molecule has 36 heavy (non-hydrogen) atoms. The summed E-state index contributed by atoms with van der Waals surface area (Å²) < 4.78 is 6.32. The first-order valence-corrected chi connectivity index (χ1v) is 12.1. The van der Waals surface area contributed by atoms with E-state index >= 15 is 0 Å². The maximum absolute atomic E-state index is 14.0. The van der Waals surface area contributed by atoms with E-state index in [4.69, 9.17) is 27.9 Å². The van der Waals surface area contributed by atoms with Crippen LogP contribution in [0.1, 0.15) is 42.7 Å². The van der Waals surface area contributed by atoms with E-state index in [1.165, 1.54) is 0 Å². The fourth-order valence-electron chi connectivity index (χ4n) is 4.58. The van der Waals surface area contributed by atoms with Gasteiger partial charge in [-0.2, -0.15) is 0 Å². The molecule has 4 aromatic carbocycles. The van der Waals surface area contributed by atoms with Crippen molar-refractivity contribution in [1.29, 1.82) is 0 Å². The van der Waals surface area contributed by atoms with Gasteiger partial charge in [-0.05, 0) is 54.1 Å². The Morgan fingerprint density at radius 1 is 0.667 bits per heavy atom. The molecule has 178 valence electrons. The molecule has 1 aliphatic heterocycles. The molecule has 0 spiro atoms. The first-order chi connectivity index (χ1) is 17.4. The average Bonchev–Trinajstić information content (AvgIpc) is 2.91. The molecule has 0 aliphatic carbocycles. The summed E-state index contributed by atoms with van der Waals surface area (Å²) in [6.45, 7) is 0. The molecule has 4 aromatic rings. The molecule has 3 unspecified atom stereocenters. The van der Waals surface area contributed by atoms with Gasteiger partial charge in [-0.1, -0.05) is 77.8 Å². The number of hydrogen-bond acceptors (Lipinski definition) is 4. The lowest BCUT2D eigenvalue weighted by Gasteiger charge is -2.36. The molecule has 3 atom stereocenters. The van der Waals surface area contributed by atoms with Crippen molar-refractivity contribution in [2.45, 2.75) is 6.10 Å².